The number of piperidine rings is 1. The molecule has 1 atom stereocenters. The Kier molecular flexibility index (Phi) is 6.13. The third-order valence-electron chi connectivity index (χ3n) is 6.30. The Labute approximate surface area is 197 Å². The van der Waals surface area contributed by atoms with E-state index in [-0.39, 0.29) is 12.2 Å². The van der Waals surface area contributed by atoms with Crippen molar-refractivity contribution in [1.82, 2.24) is 9.88 Å². The Bertz CT molecular complexity index is 1170. The average molecular weight is 462 g/mol. The van der Waals surface area contributed by atoms with Crippen LogP contribution in [0, 0.1) is 13.8 Å². The number of aryl methyl sites for hydroxylation is 2. The molecule has 0 radical (unpaired) electrons. The predicted octanol–water partition coefficient (Wildman–Crippen LogP) is 6.00. The molecule has 1 fully saturated rings. The van der Waals surface area contributed by atoms with E-state index in [4.69, 9.17) is 14.6 Å². The van der Waals surface area contributed by atoms with E-state index in [0.717, 1.165) is 52.4 Å². The topological polar surface area (TPSA) is 64.0 Å². The Morgan fingerprint density at radius 3 is 2.70 bits per heavy atom. The summed E-state index contributed by atoms with van der Waals surface area (Å²) in [7, 11) is 0. The molecule has 7 heteroatoms. The summed E-state index contributed by atoms with van der Waals surface area (Å²) < 4.78 is 5.67. The number of hydrogen-bond donors (Lipinski definition) is 0. The standard InChI is InChI=1S/C26H27N3O3S/c1-17-8-9-18(2)23(14-17)31-26(30)29-12-10-20(11-13-29)25-27-22(16-33-25)21-15-24(32-28-21)19-6-4-3-5-7-19/h3-9,14,16,20,24H,10-13,15H2,1-2H3. The first-order valence-corrected chi connectivity index (χ1v) is 12.2. The van der Waals surface area contributed by atoms with Gasteiger partial charge in [0.2, 0.25) is 0 Å². The van der Waals surface area contributed by atoms with Crippen LogP contribution in [0.25, 0.3) is 0 Å². The molecular weight excluding hydrogens is 434 g/mol. The maximum absolute atomic E-state index is 12.7. The van der Waals surface area contributed by atoms with Crippen LogP contribution in [0.5, 0.6) is 5.75 Å². The largest absolute Gasteiger partial charge is 0.415 e. The zero-order valence-electron chi connectivity index (χ0n) is 18.9. The molecule has 0 bridgehead atoms. The monoisotopic (exact) mass is 461 g/mol. The summed E-state index contributed by atoms with van der Waals surface area (Å²) in [5.74, 6) is 0.987. The molecule has 2 aromatic carbocycles. The quantitative estimate of drug-likeness (QED) is 0.478. The Morgan fingerprint density at radius 2 is 1.91 bits per heavy atom. The van der Waals surface area contributed by atoms with Gasteiger partial charge in [0.15, 0.2) is 6.10 Å². The molecule has 6 nitrogen and oxygen atoms in total. The highest BCUT2D eigenvalue weighted by atomic mass is 32.1. The van der Waals surface area contributed by atoms with Gasteiger partial charge in [-0.2, -0.15) is 0 Å². The second-order valence-electron chi connectivity index (χ2n) is 8.72. The maximum Gasteiger partial charge on any atom is 0.415 e. The summed E-state index contributed by atoms with van der Waals surface area (Å²) in [6.07, 6.45) is 2.18. The smallest absolute Gasteiger partial charge is 0.410 e. The van der Waals surface area contributed by atoms with Crippen molar-refractivity contribution in [1.29, 1.82) is 0 Å². The van der Waals surface area contributed by atoms with E-state index < -0.39 is 0 Å². The average Bonchev–Trinajstić information content (AvgIpc) is 3.52. The Balaban J connectivity index is 1.16. The lowest BCUT2D eigenvalue weighted by Gasteiger charge is -2.30. The zero-order chi connectivity index (χ0) is 22.8. The van der Waals surface area contributed by atoms with Crippen LogP contribution in [0.4, 0.5) is 4.79 Å². The van der Waals surface area contributed by atoms with Crippen LogP contribution < -0.4 is 4.74 Å². The minimum absolute atomic E-state index is 0.0439. The molecule has 3 aromatic rings. The van der Waals surface area contributed by atoms with Crippen molar-refractivity contribution in [3.8, 4) is 5.75 Å². The van der Waals surface area contributed by atoms with Crippen LogP contribution in [0.15, 0.2) is 59.1 Å². The van der Waals surface area contributed by atoms with Crippen LogP contribution in [0.1, 0.15) is 58.7 Å². The van der Waals surface area contributed by atoms with E-state index in [0.29, 0.717) is 24.8 Å². The number of rotatable bonds is 4. The highest BCUT2D eigenvalue weighted by Crippen LogP contribution is 2.34. The number of hydrogen-bond acceptors (Lipinski definition) is 6. The number of carbonyl (C=O) groups is 1. The second-order valence-corrected chi connectivity index (χ2v) is 9.61. The molecule has 33 heavy (non-hydrogen) atoms. The summed E-state index contributed by atoms with van der Waals surface area (Å²) >= 11 is 1.67. The van der Waals surface area contributed by atoms with E-state index in [1.807, 2.05) is 50.2 Å². The van der Waals surface area contributed by atoms with Gasteiger partial charge in [-0.1, -0.05) is 47.6 Å². The van der Waals surface area contributed by atoms with Gasteiger partial charge in [-0.15, -0.1) is 11.3 Å². The van der Waals surface area contributed by atoms with Crippen LogP contribution >= 0.6 is 11.3 Å². The van der Waals surface area contributed by atoms with Gasteiger partial charge in [0.1, 0.15) is 11.5 Å². The normalized spacial score (nSPS) is 18.7. The number of thiazole rings is 1. The maximum atomic E-state index is 12.7. The number of amides is 1. The highest BCUT2D eigenvalue weighted by molar-refractivity contribution is 7.10. The molecule has 1 saturated heterocycles. The summed E-state index contributed by atoms with van der Waals surface area (Å²) in [5.41, 5.74) is 4.99. The summed E-state index contributed by atoms with van der Waals surface area (Å²) in [4.78, 5) is 25.0. The van der Waals surface area contributed by atoms with Crippen molar-refractivity contribution in [2.75, 3.05) is 13.1 Å². The number of aromatic nitrogens is 1. The number of oxime groups is 1. The number of carbonyl (C=O) groups excluding carboxylic acids is 1. The summed E-state index contributed by atoms with van der Waals surface area (Å²) in [5, 5.41) is 7.49. The lowest BCUT2D eigenvalue weighted by atomic mass is 9.98. The van der Waals surface area contributed by atoms with Gasteiger partial charge in [0, 0.05) is 30.8 Å². The minimum atomic E-state index is -0.272. The van der Waals surface area contributed by atoms with Crippen molar-refractivity contribution < 1.29 is 14.4 Å². The molecule has 5 rings (SSSR count). The Hall–Kier alpha value is -3.19. The minimum Gasteiger partial charge on any atom is -0.410 e. The molecule has 1 amide bonds. The van der Waals surface area contributed by atoms with Gasteiger partial charge in [0.25, 0.3) is 0 Å². The molecule has 0 aliphatic carbocycles. The van der Waals surface area contributed by atoms with Gasteiger partial charge >= 0.3 is 6.09 Å². The van der Waals surface area contributed by atoms with E-state index in [1.165, 1.54) is 0 Å². The van der Waals surface area contributed by atoms with Crippen molar-refractivity contribution >= 4 is 23.1 Å². The molecule has 170 valence electrons. The fraction of sp³-hybridized carbons (Fsp3) is 0.346. The zero-order valence-corrected chi connectivity index (χ0v) is 19.7. The number of ether oxygens (including phenoxy) is 1. The summed E-state index contributed by atoms with van der Waals surface area (Å²) in [6, 6.07) is 16.1. The van der Waals surface area contributed by atoms with E-state index in [2.05, 4.69) is 22.7 Å². The van der Waals surface area contributed by atoms with Gasteiger partial charge in [-0.05, 0) is 49.4 Å². The van der Waals surface area contributed by atoms with Crippen molar-refractivity contribution in [3.05, 3.63) is 81.3 Å². The fourth-order valence-electron chi connectivity index (χ4n) is 4.27. The molecule has 0 spiro atoms. The molecule has 2 aliphatic heterocycles. The third-order valence-corrected chi connectivity index (χ3v) is 7.31. The van der Waals surface area contributed by atoms with Crippen molar-refractivity contribution in [3.63, 3.8) is 0 Å². The molecule has 1 aromatic heterocycles. The fourth-order valence-corrected chi connectivity index (χ4v) is 5.27. The first-order valence-electron chi connectivity index (χ1n) is 11.3. The first-order chi connectivity index (χ1) is 16.1. The van der Waals surface area contributed by atoms with Crippen LogP contribution in [-0.4, -0.2) is 34.8 Å². The number of nitrogens with zero attached hydrogens (tertiary/aromatic N) is 3. The number of benzene rings is 2. The molecule has 1 unspecified atom stereocenters. The molecule has 0 N–H and O–H groups in total. The van der Waals surface area contributed by atoms with Gasteiger partial charge in [0.05, 0.1) is 10.7 Å². The van der Waals surface area contributed by atoms with Gasteiger partial charge in [-0.3, -0.25) is 0 Å². The van der Waals surface area contributed by atoms with Crippen LogP contribution in [-0.2, 0) is 4.84 Å². The van der Waals surface area contributed by atoms with Crippen LogP contribution in [0.2, 0.25) is 0 Å². The Morgan fingerprint density at radius 1 is 1.12 bits per heavy atom. The highest BCUT2D eigenvalue weighted by Gasteiger charge is 2.29. The van der Waals surface area contributed by atoms with Gasteiger partial charge < -0.3 is 14.5 Å². The molecule has 2 aliphatic rings. The molecular formula is C26H27N3O3S. The van der Waals surface area contributed by atoms with E-state index >= 15 is 0 Å². The summed E-state index contributed by atoms with van der Waals surface area (Å²) in [6.45, 7) is 5.29. The van der Waals surface area contributed by atoms with Gasteiger partial charge in [-0.25, -0.2) is 9.78 Å². The second kappa shape index (κ2) is 9.35. The van der Waals surface area contributed by atoms with E-state index in [9.17, 15) is 4.79 Å². The molecule has 3 heterocycles. The number of likely N-dealkylation sites (tertiary alicyclic amines) is 1. The van der Waals surface area contributed by atoms with Crippen molar-refractivity contribution in [2.45, 2.75) is 45.1 Å². The van der Waals surface area contributed by atoms with E-state index in [1.54, 1.807) is 16.2 Å². The SMILES string of the molecule is Cc1ccc(C)c(OC(=O)N2CCC(c3nc(C4=NOC(c5ccccc5)C4)cs3)CC2)c1. The third kappa shape index (κ3) is 4.78. The predicted molar refractivity (Wildman–Crippen MR) is 129 cm³/mol. The van der Waals surface area contributed by atoms with Crippen molar-refractivity contribution in [2.24, 2.45) is 5.16 Å². The lowest BCUT2D eigenvalue weighted by Crippen LogP contribution is -2.39. The lowest BCUT2D eigenvalue weighted by molar-refractivity contribution is 0.0857. The molecule has 0 saturated carbocycles. The first kappa shape index (κ1) is 21.6. The van der Waals surface area contributed by atoms with Crippen LogP contribution in [0.3, 0.4) is 0 Å².